The molecule has 0 aliphatic carbocycles. The van der Waals surface area contributed by atoms with E-state index in [0.717, 1.165) is 15.8 Å². The molecule has 8 heteroatoms. The average Bonchev–Trinajstić information content (AvgIpc) is 3.06. The van der Waals surface area contributed by atoms with E-state index in [-0.39, 0.29) is 18.3 Å². The minimum atomic E-state index is -0.326. The molecule has 2 heterocycles. The van der Waals surface area contributed by atoms with Crippen LogP contribution in [0.4, 0.5) is 0 Å². The zero-order valence-electron chi connectivity index (χ0n) is 16.8. The minimum Gasteiger partial charge on any atom is -0.486 e. The molecule has 0 N–H and O–H groups in total. The van der Waals surface area contributed by atoms with E-state index < -0.39 is 0 Å². The van der Waals surface area contributed by atoms with Gasteiger partial charge < -0.3 is 18.8 Å². The van der Waals surface area contributed by atoms with Crippen molar-refractivity contribution in [1.82, 2.24) is 4.57 Å². The van der Waals surface area contributed by atoms with Gasteiger partial charge in [0.05, 0.1) is 23.2 Å². The number of amides is 1. The van der Waals surface area contributed by atoms with Gasteiger partial charge in [0.2, 0.25) is 0 Å². The zero-order valence-corrected chi connectivity index (χ0v) is 17.7. The van der Waals surface area contributed by atoms with E-state index >= 15 is 0 Å². The average molecular weight is 426 g/mol. The largest absolute Gasteiger partial charge is 0.486 e. The number of aryl methyl sites for hydroxylation is 2. The molecule has 30 heavy (non-hydrogen) atoms. The van der Waals surface area contributed by atoms with Gasteiger partial charge in [0, 0.05) is 24.2 Å². The molecule has 3 aromatic rings. The number of fused-ring (bicyclic) bond motifs is 2. The summed E-state index contributed by atoms with van der Waals surface area (Å²) in [7, 11) is 0. The molecule has 0 saturated carbocycles. The molecule has 0 saturated heterocycles. The van der Waals surface area contributed by atoms with E-state index in [9.17, 15) is 9.59 Å². The maximum atomic E-state index is 12.8. The first-order chi connectivity index (χ1) is 14.5. The summed E-state index contributed by atoms with van der Waals surface area (Å²) in [5.74, 6) is 0.697. The van der Waals surface area contributed by atoms with Crippen LogP contribution in [-0.4, -0.2) is 36.3 Å². The third-order valence-electron chi connectivity index (χ3n) is 4.65. The van der Waals surface area contributed by atoms with E-state index in [1.165, 1.54) is 11.3 Å². The third kappa shape index (κ3) is 4.23. The van der Waals surface area contributed by atoms with Crippen LogP contribution < -0.4 is 14.3 Å². The van der Waals surface area contributed by atoms with E-state index in [4.69, 9.17) is 14.2 Å². The number of rotatable bonds is 5. The normalized spacial score (nSPS) is 13.5. The zero-order chi connectivity index (χ0) is 21.1. The fourth-order valence-electron chi connectivity index (χ4n) is 3.27. The summed E-state index contributed by atoms with van der Waals surface area (Å²) in [5.41, 5.74) is 2.35. The predicted octanol–water partition coefficient (Wildman–Crippen LogP) is 3.48. The molecule has 0 spiro atoms. The summed E-state index contributed by atoms with van der Waals surface area (Å²) in [4.78, 5) is 29.6. The van der Waals surface area contributed by atoms with E-state index in [2.05, 4.69) is 4.99 Å². The second-order valence-electron chi connectivity index (χ2n) is 6.84. The SMILES string of the molecule is CCOC(=O)CCn1c(=NC(=O)c2cccc(C)c2)sc2cc3c(cc21)OCCO3. The Bertz CT molecular complexity index is 1180. The number of thiazole rings is 1. The summed E-state index contributed by atoms with van der Waals surface area (Å²) in [5, 5.41) is 0. The lowest BCUT2D eigenvalue weighted by atomic mass is 10.1. The van der Waals surface area contributed by atoms with Gasteiger partial charge in [-0.1, -0.05) is 29.0 Å². The molecule has 0 bridgehead atoms. The molecule has 0 unspecified atom stereocenters. The third-order valence-corrected chi connectivity index (χ3v) is 5.69. The molecule has 156 valence electrons. The molecule has 0 fully saturated rings. The van der Waals surface area contributed by atoms with Crippen LogP contribution in [0.3, 0.4) is 0 Å². The highest BCUT2D eigenvalue weighted by atomic mass is 32.1. The number of hydrogen-bond acceptors (Lipinski definition) is 6. The van der Waals surface area contributed by atoms with Gasteiger partial charge in [0.15, 0.2) is 16.3 Å². The van der Waals surface area contributed by atoms with Crippen molar-refractivity contribution in [1.29, 1.82) is 0 Å². The lowest BCUT2D eigenvalue weighted by molar-refractivity contribution is -0.143. The van der Waals surface area contributed by atoms with Gasteiger partial charge in [0.25, 0.3) is 5.91 Å². The number of carbonyl (C=O) groups is 2. The van der Waals surface area contributed by atoms with E-state index in [0.29, 0.717) is 48.2 Å². The standard InChI is InChI=1S/C22H22N2O5S/c1-3-27-20(25)7-8-24-16-12-17-18(29-10-9-28-17)13-19(16)30-22(24)23-21(26)15-6-4-5-14(2)11-15/h4-6,11-13H,3,7-10H2,1-2H3. The van der Waals surface area contributed by atoms with Crippen LogP contribution in [0.5, 0.6) is 11.5 Å². The number of nitrogens with zero attached hydrogens (tertiary/aromatic N) is 2. The van der Waals surface area contributed by atoms with E-state index in [1.807, 2.05) is 41.8 Å². The van der Waals surface area contributed by atoms with Crippen molar-refractivity contribution in [3.8, 4) is 11.5 Å². The predicted molar refractivity (Wildman–Crippen MR) is 113 cm³/mol. The summed E-state index contributed by atoms with van der Waals surface area (Å²) in [6.07, 6.45) is 0.180. The van der Waals surface area contributed by atoms with Gasteiger partial charge in [-0.15, -0.1) is 0 Å². The summed E-state index contributed by atoms with van der Waals surface area (Å²) in [6, 6.07) is 11.1. The molecule has 1 aliphatic heterocycles. The van der Waals surface area contributed by atoms with Gasteiger partial charge in [0.1, 0.15) is 13.2 Å². The van der Waals surface area contributed by atoms with Gasteiger partial charge in [-0.2, -0.15) is 4.99 Å². The Morgan fingerprint density at radius 1 is 1.17 bits per heavy atom. The van der Waals surface area contributed by atoms with Crippen molar-refractivity contribution in [3.63, 3.8) is 0 Å². The number of benzene rings is 2. The highest BCUT2D eigenvalue weighted by Gasteiger charge is 2.18. The van der Waals surface area contributed by atoms with Crippen LogP contribution >= 0.6 is 11.3 Å². The van der Waals surface area contributed by atoms with Crippen molar-refractivity contribution >= 4 is 33.4 Å². The van der Waals surface area contributed by atoms with Crippen LogP contribution in [0.15, 0.2) is 41.4 Å². The maximum absolute atomic E-state index is 12.8. The summed E-state index contributed by atoms with van der Waals surface area (Å²) >= 11 is 1.38. The second-order valence-corrected chi connectivity index (χ2v) is 7.85. The highest BCUT2D eigenvalue weighted by Crippen LogP contribution is 2.35. The maximum Gasteiger partial charge on any atom is 0.307 e. The van der Waals surface area contributed by atoms with E-state index in [1.54, 1.807) is 13.0 Å². The first-order valence-corrected chi connectivity index (χ1v) is 10.6. The molecule has 1 aromatic heterocycles. The second kappa shape index (κ2) is 8.71. The number of esters is 1. The molecule has 1 aliphatic rings. The van der Waals surface area contributed by atoms with Gasteiger partial charge in [-0.25, -0.2) is 0 Å². The minimum absolute atomic E-state index is 0.180. The van der Waals surface area contributed by atoms with Crippen LogP contribution in [0, 0.1) is 6.92 Å². The lowest BCUT2D eigenvalue weighted by Gasteiger charge is -2.18. The van der Waals surface area contributed by atoms with Crippen LogP contribution in [0.1, 0.15) is 29.3 Å². The molecular formula is C22H22N2O5S. The number of carbonyl (C=O) groups excluding carboxylic acids is 2. The van der Waals surface area contributed by atoms with Crippen molar-refractivity contribution in [3.05, 3.63) is 52.3 Å². The Labute approximate surface area is 177 Å². The van der Waals surface area contributed by atoms with Gasteiger partial charge in [-0.05, 0) is 26.0 Å². The lowest BCUT2D eigenvalue weighted by Crippen LogP contribution is -2.20. The Hall–Kier alpha value is -3.13. The Morgan fingerprint density at radius 3 is 2.67 bits per heavy atom. The monoisotopic (exact) mass is 426 g/mol. The van der Waals surface area contributed by atoms with Crippen LogP contribution in [0.2, 0.25) is 0 Å². The van der Waals surface area contributed by atoms with Gasteiger partial charge in [-0.3, -0.25) is 9.59 Å². The van der Waals surface area contributed by atoms with Crippen molar-refractivity contribution in [2.45, 2.75) is 26.8 Å². The molecule has 4 rings (SSSR count). The molecule has 0 radical (unpaired) electrons. The quantitative estimate of drug-likeness (QED) is 0.584. The highest BCUT2D eigenvalue weighted by molar-refractivity contribution is 7.16. The molecule has 0 atom stereocenters. The number of hydrogen-bond donors (Lipinski definition) is 0. The molecule has 7 nitrogen and oxygen atoms in total. The summed E-state index contributed by atoms with van der Waals surface area (Å²) < 4.78 is 19.2. The Morgan fingerprint density at radius 2 is 1.93 bits per heavy atom. The smallest absolute Gasteiger partial charge is 0.307 e. The Kier molecular flexibility index (Phi) is 5.85. The van der Waals surface area contributed by atoms with Crippen LogP contribution in [0.25, 0.3) is 10.2 Å². The van der Waals surface area contributed by atoms with Gasteiger partial charge >= 0.3 is 5.97 Å². The first-order valence-electron chi connectivity index (χ1n) is 9.79. The van der Waals surface area contributed by atoms with Crippen molar-refractivity contribution in [2.24, 2.45) is 4.99 Å². The van der Waals surface area contributed by atoms with Crippen molar-refractivity contribution < 1.29 is 23.8 Å². The van der Waals surface area contributed by atoms with Crippen molar-refractivity contribution in [2.75, 3.05) is 19.8 Å². The Balaban J connectivity index is 1.79. The molecule has 2 aromatic carbocycles. The molecular weight excluding hydrogens is 404 g/mol. The topological polar surface area (TPSA) is 79.1 Å². The fraction of sp³-hybridized carbons (Fsp3) is 0.318. The first kappa shape index (κ1) is 20.2. The number of aromatic nitrogens is 1. The number of ether oxygens (including phenoxy) is 3. The molecule has 1 amide bonds. The fourth-order valence-corrected chi connectivity index (χ4v) is 4.34. The summed E-state index contributed by atoms with van der Waals surface area (Å²) in [6.45, 7) is 5.36. The van der Waals surface area contributed by atoms with Crippen LogP contribution in [-0.2, 0) is 16.1 Å².